The maximum atomic E-state index is 13.9. The zero-order valence-electron chi connectivity index (χ0n) is 11.6. The van der Waals surface area contributed by atoms with E-state index < -0.39 is 0 Å². The Labute approximate surface area is 132 Å². The summed E-state index contributed by atoms with van der Waals surface area (Å²) in [6.45, 7) is 3.57. The molecule has 0 saturated heterocycles. The van der Waals surface area contributed by atoms with Crippen molar-refractivity contribution in [1.29, 1.82) is 0 Å². The van der Waals surface area contributed by atoms with E-state index >= 15 is 0 Å². The van der Waals surface area contributed by atoms with Gasteiger partial charge in [0.25, 0.3) is 0 Å². The molecule has 0 N–H and O–H groups in total. The van der Waals surface area contributed by atoms with Crippen LogP contribution in [0.4, 0.5) is 4.39 Å². The lowest BCUT2D eigenvalue weighted by atomic mass is 10.1. The van der Waals surface area contributed by atoms with E-state index in [1.165, 1.54) is 6.07 Å². The van der Waals surface area contributed by atoms with E-state index in [1.807, 2.05) is 29.7 Å². The Balaban J connectivity index is 2.45. The minimum Gasteiger partial charge on any atom is -0.293 e. The van der Waals surface area contributed by atoms with Crippen molar-refractivity contribution < 1.29 is 4.39 Å². The second-order valence-corrected chi connectivity index (χ2v) is 5.97. The van der Waals surface area contributed by atoms with E-state index in [0.29, 0.717) is 22.1 Å². The Morgan fingerprint density at radius 2 is 1.90 bits per heavy atom. The molecule has 0 bridgehead atoms. The van der Waals surface area contributed by atoms with Crippen molar-refractivity contribution in [3.63, 3.8) is 0 Å². The van der Waals surface area contributed by atoms with Gasteiger partial charge in [-0.3, -0.25) is 4.57 Å². The van der Waals surface area contributed by atoms with Gasteiger partial charge in [0.1, 0.15) is 11.6 Å². The first kappa shape index (κ1) is 14.4. The summed E-state index contributed by atoms with van der Waals surface area (Å²) in [6, 6.07) is 10.4. The maximum Gasteiger partial charge on any atom is 0.132 e. The summed E-state index contributed by atoms with van der Waals surface area (Å²) in [5, 5.41) is 0.239. The van der Waals surface area contributed by atoms with Crippen LogP contribution in [-0.4, -0.2) is 9.55 Å². The fourth-order valence-corrected chi connectivity index (χ4v) is 2.85. The van der Waals surface area contributed by atoms with Crippen molar-refractivity contribution in [3.8, 4) is 5.69 Å². The molecule has 1 unspecified atom stereocenters. The summed E-state index contributed by atoms with van der Waals surface area (Å²) >= 11 is 12.6. The Kier molecular flexibility index (Phi) is 3.64. The van der Waals surface area contributed by atoms with Gasteiger partial charge in [-0.2, -0.15) is 0 Å². The topological polar surface area (TPSA) is 17.8 Å². The molecular formula is C16H13Cl2FN2. The van der Waals surface area contributed by atoms with E-state index in [4.69, 9.17) is 23.2 Å². The van der Waals surface area contributed by atoms with Crippen molar-refractivity contribution in [1.82, 2.24) is 9.55 Å². The number of alkyl halides is 1. The van der Waals surface area contributed by atoms with Gasteiger partial charge in [-0.1, -0.05) is 23.7 Å². The molecule has 108 valence electrons. The molecule has 2 nitrogen and oxygen atoms in total. The van der Waals surface area contributed by atoms with Crippen LogP contribution in [0.1, 0.15) is 23.7 Å². The summed E-state index contributed by atoms with van der Waals surface area (Å²) < 4.78 is 15.7. The van der Waals surface area contributed by atoms with Gasteiger partial charge in [0, 0.05) is 5.56 Å². The van der Waals surface area contributed by atoms with Crippen LogP contribution >= 0.6 is 23.2 Å². The highest BCUT2D eigenvalue weighted by Gasteiger charge is 2.20. The van der Waals surface area contributed by atoms with Crippen molar-refractivity contribution in [2.75, 3.05) is 0 Å². The zero-order chi connectivity index (χ0) is 15.1. The van der Waals surface area contributed by atoms with Gasteiger partial charge < -0.3 is 0 Å². The third-order valence-corrected chi connectivity index (χ3v) is 3.99. The largest absolute Gasteiger partial charge is 0.293 e. The summed E-state index contributed by atoms with van der Waals surface area (Å²) in [7, 11) is 0. The molecule has 3 aromatic rings. The smallest absolute Gasteiger partial charge is 0.132 e. The molecule has 1 aromatic heterocycles. The zero-order valence-corrected chi connectivity index (χ0v) is 13.1. The lowest BCUT2D eigenvalue weighted by molar-refractivity contribution is 0.616. The van der Waals surface area contributed by atoms with Crippen LogP contribution in [-0.2, 0) is 0 Å². The van der Waals surface area contributed by atoms with Crippen LogP contribution in [0.5, 0.6) is 0 Å². The quantitative estimate of drug-likeness (QED) is 0.575. The molecule has 0 spiro atoms. The average Bonchev–Trinajstić information content (AvgIpc) is 2.83. The summed E-state index contributed by atoms with van der Waals surface area (Å²) in [5.41, 5.74) is 2.73. The molecule has 0 amide bonds. The molecule has 3 rings (SSSR count). The van der Waals surface area contributed by atoms with Crippen LogP contribution in [0, 0.1) is 12.7 Å². The van der Waals surface area contributed by atoms with Crippen LogP contribution in [0.2, 0.25) is 5.02 Å². The summed E-state index contributed by atoms with van der Waals surface area (Å²) in [6.07, 6.45) is 0. The van der Waals surface area contributed by atoms with Crippen LogP contribution in [0.15, 0.2) is 36.4 Å². The van der Waals surface area contributed by atoms with E-state index in [0.717, 1.165) is 11.0 Å². The van der Waals surface area contributed by atoms with Crippen LogP contribution in [0.25, 0.3) is 16.7 Å². The molecule has 2 aromatic carbocycles. The Morgan fingerprint density at radius 3 is 2.62 bits per heavy atom. The first-order valence-electron chi connectivity index (χ1n) is 6.57. The fraction of sp³-hybridized carbons (Fsp3) is 0.188. The molecular weight excluding hydrogens is 310 g/mol. The first-order chi connectivity index (χ1) is 10.0. The van der Waals surface area contributed by atoms with Gasteiger partial charge in [0.2, 0.25) is 0 Å². The molecule has 0 aliphatic heterocycles. The Bertz CT molecular complexity index is 825. The highest BCUT2D eigenvalue weighted by molar-refractivity contribution is 6.35. The predicted octanol–water partition coefficient (Wildman–Crippen LogP) is 5.43. The third-order valence-electron chi connectivity index (χ3n) is 3.49. The van der Waals surface area contributed by atoms with Gasteiger partial charge in [-0.15, -0.1) is 11.6 Å². The highest BCUT2D eigenvalue weighted by atomic mass is 35.5. The molecule has 1 atom stereocenters. The third kappa shape index (κ3) is 2.30. The van der Waals surface area contributed by atoms with Gasteiger partial charge >= 0.3 is 0 Å². The molecule has 0 aliphatic rings. The molecule has 21 heavy (non-hydrogen) atoms. The normalized spacial score (nSPS) is 12.8. The lowest BCUT2D eigenvalue weighted by Gasteiger charge is -2.14. The summed E-state index contributed by atoms with van der Waals surface area (Å²) in [4.78, 5) is 4.54. The van der Waals surface area contributed by atoms with Crippen LogP contribution < -0.4 is 0 Å². The van der Waals surface area contributed by atoms with E-state index in [-0.39, 0.29) is 11.2 Å². The second-order valence-electron chi connectivity index (χ2n) is 4.91. The average molecular weight is 323 g/mol. The molecule has 0 fully saturated rings. The van der Waals surface area contributed by atoms with E-state index in [9.17, 15) is 4.39 Å². The van der Waals surface area contributed by atoms with E-state index in [2.05, 4.69) is 4.98 Å². The number of para-hydroxylation sites is 1. The van der Waals surface area contributed by atoms with Gasteiger partial charge in [-0.25, -0.2) is 9.37 Å². The SMILES string of the molecule is Cc1c(F)cccc1-n1c(C(C)Cl)nc2cccc(Cl)c21. The second kappa shape index (κ2) is 5.32. The van der Waals surface area contributed by atoms with Gasteiger partial charge in [0.05, 0.1) is 27.1 Å². The highest BCUT2D eigenvalue weighted by Crippen LogP contribution is 2.33. The Morgan fingerprint density at radius 1 is 1.19 bits per heavy atom. The molecule has 0 radical (unpaired) electrons. The monoisotopic (exact) mass is 322 g/mol. The number of rotatable bonds is 2. The number of nitrogens with zero attached hydrogens (tertiary/aromatic N) is 2. The predicted molar refractivity (Wildman–Crippen MR) is 85.0 cm³/mol. The van der Waals surface area contributed by atoms with Gasteiger partial charge in [-0.05, 0) is 38.1 Å². The standard InChI is InChI=1S/C16H13Cl2FN2/c1-9-12(19)6-4-8-14(9)21-15-11(18)5-3-7-13(15)20-16(21)10(2)17/h3-8,10H,1-2H3. The van der Waals surface area contributed by atoms with E-state index in [1.54, 1.807) is 19.1 Å². The first-order valence-corrected chi connectivity index (χ1v) is 7.38. The van der Waals surface area contributed by atoms with Crippen LogP contribution in [0.3, 0.4) is 0 Å². The molecule has 0 aliphatic carbocycles. The number of fused-ring (bicyclic) bond motifs is 1. The number of hydrogen-bond donors (Lipinski definition) is 0. The lowest BCUT2D eigenvalue weighted by Crippen LogP contribution is -2.05. The van der Waals surface area contributed by atoms with Crippen molar-refractivity contribution in [2.24, 2.45) is 0 Å². The molecule has 5 heteroatoms. The summed E-state index contributed by atoms with van der Waals surface area (Å²) in [5.74, 6) is 0.378. The van der Waals surface area contributed by atoms with Crippen molar-refractivity contribution in [3.05, 3.63) is 58.6 Å². The fourth-order valence-electron chi connectivity index (χ4n) is 2.45. The minimum absolute atomic E-state index is 0.269. The number of hydrogen-bond acceptors (Lipinski definition) is 1. The number of benzene rings is 2. The Hall–Kier alpha value is -1.58. The number of aromatic nitrogens is 2. The number of halogens is 3. The minimum atomic E-state index is -0.323. The number of imidazole rings is 1. The molecule has 1 heterocycles. The van der Waals surface area contributed by atoms with Crippen molar-refractivity contribution >= 4 is 34.2 Å². The van der Waals surface area contributed by atoms with Gasteiger partial charge in [0.15, 0.2) is 0 Å². The van der Waals surface area contributed by atoms with Crippen molar-refractivity contribution in [2.45, 2.75) is 19.2 Å². The maximum absolute atomic E-state index is 13.9. The molecule has 0 saturated carbocycles.